The van der Waals surface area contributed by atoms with Crippen LogP contribution in [0, 0.1) is 5.82 Å². The number of aromatic nitrogens is 3. The van der Waals surface area contributed by atoms with E-state index in [-0.39, 0.29) is 23.8 Å². The summed E-state index contributed by atoms with van der Waals surface area (Å²) in [6, 6.07) is 7.97. The van der Waals surface area contributed by atoms with Crippen molar-refractivity contribution in [3.8, 4) is 0 Å². The van der Waals surface area contributed by atoms with Crippen molar-refractivity contribution in [1.29, 1.82) is 0 Å². The third-order valence-corrected chi connectivity index (χ3v) is 4.83. The highest BCUT2D eigenvalue weighted by Gasteiger charge is 2.33. The molecule has 3 aromatic rings. The average Bonchev–Trinajstić information content (AvgIpc) is 3.24. The summed E-state index contributed by atoms with van der Waals surface area (Å²) in [5, 5.41) is 17.3. The maximum absolute atomic E-state index is 13.7. The second-order valence-corrected chi connectivity index (χ2v) is 7.35. The minimum atomic E-state index is -0.542. The molecule has 1 amide bonds. The van der Waals surface area contributed by atoms with Crippen LogP contribution in [0.1, 0.15) is 42.2 Å². The number of carbonyl (C=O) groups excluding carboxylic acids is 1. The molecule has 146 valence electrons. The number of anilines is 1. The molecular weight excluding hydrogens is 361 g/mol. The summed E-state index contributed by atoms with van der Waals surface area (Å²) in [7, 11) is 0. The molecule has 7 nitrogen and oxygen atoms in total. The summed E-state index contributed by atoms with van der Waals surface area (Å²) in [5.41, 5.74) is 1.61. The number of nitrogens with one attached hydrogen (secondary N) is 1. The number of halogens is 1. The van der Waals surface area contributed by atoms with Gasteiger partial charge in [-0.05, 0) is 44.0 Å². The molecule has 4 rings (SSSR count). The third-order valence-electron chi connectivity index (χ3n) is 4.83. The van der Waals surface area contributed by atoms with Crippen molar-refractivity contribution < 1.29 is 14.3 Å². The lowest BCUT2D eigenvalue weighted by atomic mass is 10.0. The zero-order chi connectivity index (χ0) is 19.8. The van der Waals surface area contributed by atoms with Crippen LogP contribution >= 0.6 is 0 Å². The van der Waals surface area contributed by atoms with Crippen LogP contribution in [0.15, 0.2) is 42.7 Å². The molecule has 2 atom stereocenters. The minimum absolute atomic E-state index is 0.00304. The van der Waals surface area contributed by atoms with E-state index in [1.54, 1.807) is 22.8 Å². The van der Waals surface area contributed by atoms with E-state index >= 15 is 0 Å². The molecule has 2 aromatic heterocycles. The van der Waals surface area contributed by atoms with Crippen molar-refractivity contribution in [1.82, 2.24) is 19.9 Å². The van der Waals surface area contributed by atoms with Crippen LogP contribution in [-0.2, 0) is 0 Å². The highest BCUT2D eigenvalue weighted by atomic mass is 19.1. The summed E-state index contributed by atoms with van der Waals surface area (Å²) in [6.07, 6.45) is 3.17. The number of β-amino-alcohol motifs (C(OH)–C–C–N with tert-alkyl or cyclic N) is 1. The van der Waals surface area contributed by atoms with E-state index in [1.807, 2.05) is 24.8 Å². The van der Waals surface area contributed by atoms with Crippen LogP contribution in [-0.4, -0.2) is 44.3 Å². The van der Waals surface area contributed by atoms with E-state index in [2.05, 4.69) is 15.4 Å². The number of aliphatic hydroxyl groups is 1. The van der Waals surface area contributed by atoms with Crippen molar-refractivity contribution >= 4 is 17.4 Å². The van der Waals surface area contributed by atoms with Gasteiger partial charge < -0.3 is 15.3 Å². The maximum Gasteiger partial charge on any atom is 0.256 e. The van der Waals surface area contributed by atoms with Gasteiger partial charge in [-0.1, -0.05) is 12.1 Å². The molecule has 0 aliphatic carbocycles. The molecule has 28 heavy (non-hydrogen) atoms. The molecule has 0 bridgehead atoms. The van der Waals surface area contributed by atoms with Gasteiger partial charge in [-0.25, -0.2) is 13.9 Å². The molecule has 3 heterocycles. The average molecular weight is 383 g/mol. The van der Waals surface area contributed by atoms with Gasteiger partial charge in [0.05, 0.1) is 18.3 Å². The number of nitrogens with zero attached hydrogens (tertiary/aromatic N) is 4. The molecule has 0 unspecified atom stereocenters. The zero-order valence-electron chi connectivity index (χ0n) is 15.7. The number of hydrogen-bond donors (Lipinski definition) is 2. The Morgan fingerprint density at radius 2 is 2.18 bits per heavy atom. The van der Waals surface area contributed by atoms with Crippen LogP contribution in [0.25, 0.3) is 5.65 Å². The lowest BCUT2D eigenvalue weighted by Gasteiger charge is -2.26. The van der Waals surface area contributed by atoms with Gasteiger partial charge >= 0.3 is 0 Å². The predicted molar refractivity (Wildman–Crippen MR) is 103 cm³/mol. The number of hydrogen-bond acceptors (Lipinski definition) is 5. The van der Waals surface area contributed by atoms with Crippen molar-refractivity contribution in [2.24, 2.45) is 0 Å². The number of carbonyl (C=O) groups is 1. The lowest BCUT2D eigenvalue weighted by Crippen LogP contribution is -2.30. The van der Waals surface area contributed by atoms with Crippen molar-refractivity contribution in [3.05, 3.63) is 59.7 Å². The standard InChI is InChI=1S/C20H22FN5O2/c1-12(2)23-20(28)16-10-22-26-7-6-18(24-19(16)26)25-11-15(27)9-17(25)13-4-3-5-14(21)8-13/h3-8,10,12,15,17,27H,9,11H2,1-2H3,(H,23,28)/t15-,17+/m0/s1. The molecule has 1 aromatic carbocycles. The van der Waals surface area contributed by atoms with Crippen molar-refractivity contribution in [3.63, 3.8) is 0 Å². The molecule has 0 saturated carbocycles. The van der Waals surface area contributed by atoms with E-state index in [1.165, 1.54) is 18.3 Å². The first-order valence-corrected chi connectivity index (χ1v) is 9.28. The number of rotatable bonds is 4. The monoisotopic (exact) mass is 383 g/mol. The summed E-state index contributed by atoms with van der Waals surface area (Å²) < 4.78 is 15.3. The first kappa shape index (κ1) is 18.4. The Kier molecular flexibility index (Phi) is 4.72. The van der Waals surface area contributed by atoms with Gasteiger partial charge in [0.1, 0.15) is 17.2 Å². The van der Waals surface area contributed by atoms with Gasteiger partial charge in [0, 0.05) is 18.8 Å². The zero-order valence-corrected chi connectivity index (χ0v) is 15.7. The van der Waals surface area contributed by atoms with Gasteiger partial charge in [-0.3, -0.25) is 4.79 Å². The van der Waals surface area contributed by atoms with Gasteiger partial charge in [-0.15, -0.1) is 0 Å². The quantitative estimate of drug-likeness (QED) is 0.723. The summed E-state index contributed by atoms with van der Waals surface area (Å²) in [5.74, 6) is 0.0564. The minimum Gasteiger partial charge on any atom is -0.391 e. The van der Waals surface area contributed by atoms with E-state index in [9.17, 15) is 14.3 Å². The van der Waals surface area contributed by atoms with Crippen LogP contribution < -0.4 is 10.2 Å². The fraction of sp³-hybridized carbons (Fsp3) is 0.350. The molecule has 2 N–H and O–H groups in total. The molecule has 1 aliphatic heterocycles. The Labute approximate surface area is 161 Å². The first-order valence-electron chi connectivity index (χ1n) is 9.28. The number of amides is 1. The molecule has 1 aliphatic rings. The Bertz CT molecular complexity index is 1020. The predicted octanol–water partition coefficient (Wildman–Crippen LogP) is 2.32. The second kappa shape index (κ2) is 7.20. The van der Waals surface area contributed by atoms with E-state index < -0.39 is 6.10 Å². The molecule has 1 fully saturated rings. The fourth-order valence-electron chi connectivity index (χ4n) is 3.62. The largest absolute Gasteiger partial charge is 0.391 e. The Morgan fingerprint density at radius 3 is 2.93 bits per heavy atom. The SMILES string of the molecule is CC(C)NC(=O)c1cnn2ccc(N3C[C@@H](O)C[C@@H]3c3cccc(F)c3)nc12. The van der Waals surface area contributed by atoms with Gasteiger partial charge in [0.2, 0.25) is 0 Å². The topological polar surface area (TPSA) is 82.8 Å². The van der Waals surface area contributed by atoms with E-state index in [0.29, 0.717) is 30.0 Å². The van der Waals surface area contributed by atoms with Crippen LogP contribution in [0.2, 0.25) is 0 Å². The molecule has 0 radical (unpaired) electrons. The van der Waals surface area contributed by atoms with Crippen LogP contribution in [0.5, 0.6) is 0 Å². The van der Waals surface area contributed by atoms with Crippen molar-refractivity contribution in [2.45, 2.75) is 38.5 Å². The van der Waals surface area contributed by atoms with Gasteiger partial charge in [0.15, 0.2) is 5.65 Å². The highest BCUT2D eigenvalue weighted by Crippen LogP contribution is 2.35. The maximum atomic E-state index is 13.7. The number of fused-ring (bicyclic) bond motifs is 1. The highest BCUT2D eigenvalue weighted by molar-refractivity contribution is 5.99. The lowest BCUT2D eigenvalue weighted by molar-refractivity contribution is 0.0944. The summed E-state index contributed by atoms with van der Waals surface area (Å²) in [6.45, 7) is 4.15. The molecular formula is C20H22FN5O2. The fourth-order valence-corrected chi connectivity index (χ4v) is 3.62. The number of aliphatic hydroxyl groups excluding tert-OH is 1. The molecule has 1 saturated heterocycles. The van der Waals surface area contributed by atoms with Gasteiger partial charge in [-0.2, -0.15) is 5.10 Å². The Balaban J connectivity index is 1.72. The smallest absolute Gasteiger partial charge is 0.256 e. The van der Waals surface area contributed by atoms with E-state index in [0.717, 1.165) is 5.56 Å². The Hall–Kier alpha value is -3.00. The summed E-state index contributed by atoms with van der Waals surface area (Å²) in [4.78, 5) is 19.0. The first-order chi connectivity index (χ1) is 13.4. The van der Waals surface area contributed by atoms with Gasteiger partial charge in [0.25, 0.3) is 5.91 Å². The Morgan fingerprint density at radius 1 is 1.36 bits per heavy atom. The normalized spacial score (nSPS) is 19.5. The molecule has 8 heteroatoms. The second-order valence-electron chi connectivity index (χ2n) is 7.35. The molecule has 0 spiro atoms. The van der Waals surface area contributed by atoms with E-state index in [4.69, 9.17) is 0 Å². The van der Waals surface area contributed by atoms with Crippen LogP contribution in [0.4, 0.5) is 10.2 Å². The van der Waals surface area contributed by atoms with Crippen molar-refractivity contribution in [2.75, 3.05) is 11.4 Å². The van der Waals surface area contributed by atoms with Crippen LogP contribution in [0.3, 0.4) is 0 Å². The third kappa shape index (κ3) is 3.43. The summed E-state index contributed by atoms with van der Waals surface area (Å²) >= 11 is 0. The number of benzene rings is 1.